The highest BCUT2D eigenvalue weighted by Gasteiger charge is 2.35. The van der Waals surface area contributed by atoms with E-state index in [9.17, 15) is 0 Å². The summed E-state index contributed by atoms with van der Waals surface area (Å²) in [6, 6.07) is 41.1. The van der Waals surface area contributed by atoms with Gasteiger partial charge in [0.2, 0.25) is 0 Å². The van der Waals surface area contributed by atoms with Crippen LogP contribution in [0.4, 0.5) is 0 Å². The number of nitrogens with zero attached hydrogens (tertiary/aromatic N) is 2. The van der Waals surface area contributed by atoms with Crippen molar-refractivity contribution < 1.29 is 9.47 Å². The molecule has 1 N–H and O–H groups in total. The number of benzene rings is 4. The van der Waals surface area contributed by atoms with Gasteiger partial charge in [0, 0.05) is 0 Å². The summed E-state index contributed by atoms with van der Waals surface area (Å²) >= 11 is 0. The van der Waals surface area contributed by atoms with Gasteiger partial charge >= 0.3 is 0 Å². The van der Waals surface area contributed by atoms with Crippen LogP contribution in [0, 0.1) is 0 Å². The van der Waals surface area contributed by atoms with E-state index in [1.165, 1.54) is 0 Å². The van der Waals surface area contributed by atoms with Crippen molar-refractivity contribution in [3.8, 4) is 0 Å². The Kier molecular flexibility index (Phi) is 6.78. The normalized spacial score (nSPS) is 22.6. The molecule has 2 heterocycles. The van der Waals surface area contributed by atoms with Crippen LogP contribution in [0.3, 0.4) is 0 Å². The van der Waals surface area contributed by atoms with E-state index in [-0.39, 0.29) is 24.3 Å². The summed E-state index contributed by atoms with van der Waals surface area (Å²) in [7, 11) is 0. The lowest BCUT2D eigenvalue weighted by atomic mass is 9.97. The molecule has 0 spiro atoms. The summed E-state index contributed by atoms with van der Waals surface area (Å²) in [4.78, 5) is 9.91. The molecule has 0 bridgehead atoms. The zero-order chi connectivity index (χ0) is 24.9. The maximum atomic E-state index is 6.37. The van der Waals surface area contributed by atoms with Crippen molar-refractivity contribution in [1.29, 1.82) is 0 Å². The van der Waals surface area contributed by atoms with Crippen molar-refractivity contribution in [3.05, 3.63) is 144 Å². The number of aliphatic imine (C=N–C) groups is 2. The molecule has 0 fully saturated rings. The van der Waals surface area contributed by atoms with Crippen molar-refractivity contribution in [2.24, 2.45) is 9.98 Å². The highest BCUT2D eigenvalue weighted by atomic mass is 16.5. The van der Waals surface area contributed by atoms with E-state index in [4.69, 9.17) is 19.5 Å². The highest BCUT2D eigenvalue weighted by molar-refractivity contribution is 5.83. The van der Waals surface area contributed by atoms with Crippen LogP contribution in [0.2, 0.25) is 0 Å². The molecule has 5 heteroatoms. The molecule has 4 unspecified atom stereocenters. The van der Waals surface area contributed by atoms with Gasteiger partial charge in [-0.15, -0.1) is 0 Å². The molecule has 0 saturated heterocycles. The zero-order valence-electron chi connectivity index (χ0n) is 20.5. The Morgan fingerprint density at radius 3 is 1.14 bits per heavy atom. The Bertz CT molecular complexity index is 1250. The fourth-order valence-electron chi connectivity index (χ4n) is 4.96. The quantitative estimate of drug-likeness (QED) is 0.313. The van der Waals surface area contributed by atoms with Crippen molar-refractivity contribution >= 4 is 11.8 Å². The van der Waals surface area contributed by atoms with Gasteiger partial charge in [-0.2, -0.15) is 0 Å². The molecule has 2 aliphatic rings. The van der Waals surface area contributed by atoms with E-state index in [1.807, 2.05) is 72.8 Å². The molecule has 2 aliphatic heterocycles. The zero-order valence-corrected chi connectivity index (χ0v) is 20.5. The molecular formula is C32H29N3O2. The Labute approximate surface area is 217 Å². The van der Waals surface area contributed by atoms with Crippen LogP contribution in [0.1, 0.15) is 46.5 Å². The lowest BCUT2D eigenvalue weighted by Gasteiger charge is -2.19. The molecule has 37 heavy (non-hydrogen) atoms. The second kappa shape index (κ2) is 10.8. The van der Waals surface area contributed by atoms with E-state index in [2.05, 4.69) is 53.8 Å². The molecule has 0 aromatic heterocycles. The summed E-state index contributed by atoms with van der Waals surface area (Å²) in [5.41, 5.74) is 4.53. The Balaban J connectivity index is 1.15. The van der Waals surface area contributed by atoms with Gasteiger partial charge in [0.25, 0.3) is 0 Å². The van der Waals surface area contributed by atoms with Gasteiger partial charge in [-0.05, 0) is 22.3 Å². The maximum absolute atomic E-state index is 6.37. The second-order valence-corrected chi connectivity index (χ2v) is 9.26. The first-order valence-electron chi connectivity index (χ1n) is 12.7. The minimum Gasteiger partial charge on any atom is -0.469 e. The van der Waals surface area contributed by atoms with Crippen LogP contribution in [0.5, 0.6) is 0 Å². The minimum atomic E-state index is -0.148. The lowest BCUT2D eigenvalue weighted by molar-refractivity contribution is 0.189. The number of nitrogens with one attached hydrogen (secondary N) is 1. The summed E-state index contributed by atoms with van der Waals surface area (Å²) in [6.07, 6.45) is -0.296. The summed E-state index contributed by atoms with van der Waals surface area (Å²) in [5.74, 6) is 1.39. The first kappa shape index (κ1) is 23.2. The summed E-state index contributed by atoms with van der Waals surface area (Å²) in [6.45, 7) is 1.00. The van der Waals surface area contributed by atoms with Gasteiger partial charge in [0.05, 0.1) is 13.1 Å². The molecular weight excluding hydrogens is 458 g/mol. The standard InChI is InChI=1S/C32H29N3O2/c1-5-13-23(14-6-1)29-31(25-17-9-3-10-18-25)36-27(34-29)21-33-22-28-35-30(24-15-7-2-8-16-24)32(37-28)26-19-11-4-12-20-26/h1-20,29-33H,21-22H2. The Hall–Kier alpha value is -4.22. The van der Waals surface area contributed by atoms with Crippen LogP contribution in [0.15, 0.2) is 131 Å². The molecule has 6 rings (SSSR count). The van der Waals surface area contributed by atoms with Crippen molar-refractivity contribution in [2.45, 2.75) is 24.3 Å². The Morgan fingerprint density at radius 1 is 0.459 bits per heavy atom. The molecule has 4 aromatic carbocycles. The van der Waals surface area contributed by atoms with Crippen molar-refractivity contribution in [2.75, 3.05) is 13.1 Å². The van der Waals surface area contributed by atoms with Crippen molar-refractivity contribution in [1.82, 2.24) is 5.32 Å². The van der Waals surface area contributed by atoms with Crippen LogP contribution in [-0.2, 0) is 9.47 Å². The van der Waals surface area contributed by atoms with E-state index in [0.717, 1.165) is 22.3 Å². The fourth-order valence-corrected chi connectivity index (χ4v) is 4.96. The Morgan fingerprint density at radius 2 is 0.784 bits per heavy atom. The highest BCUT2D eigenvalue weighted by Crippen LogP contribution is 2.41. The largest absolute Gasteiger partial charge is 0.469 e. The topological polar surface area (TPSA) is 55.2 Å². The third-order valence-corrected chi connectivity index (χ3v) is 6.76. The van der Waals surface area contributed by atoms with E-state index >= 15 is 0 Å². The SMILES string of the molecule is c1ccc(C2N=C(CNCC3=NC(c4ccccc4)C(c4ccccc4)O3)OC2c2ccccc2)cc1. The fraction of sp³-hybridized carbons (Fsp3) is 0.188. The van der Waals surface area contributed by atoms with E-state index < -0.39 is 0 Å². The molecule has 0 radical (unpaired) electrons. The smallest absolute Gasteiger partial charge is 0.199 e. The minimum absolute atomic E-state index is 0.0783. The monoisotopic (exact) mass is 487 g/mol. The molecule has 4 aromatic rings. The first-order valence-corrected chi connectivity index (χ1v) is 12.7. The van der Waals surface area contributed by atoms with Gasteiger partial charge in [0.1, 0.15) is 12.1 Å². The van der Waals surface area contributed by atoms with E-state index in [1.54, 1.807) is 0 Å². The van der Waals surface area contributed by atoms with Crippen molar-refractivity contribution in [3.63, 3.8) is 0 Å². The molecule has 0 saturated carbocycles. The second-order valence-electron chi connectivity index (χ2n) is 9.26. The van der Waals surface area contributed by atoms with Gasteiger partial charge in [-0.3, -0.25) is 0 Å². The third-order valence-electron chi connectivity index (χ3n) is 6.76. The van der Waals surface area contributed by atoms with Crippen LogP contribution in [0.25, 0.3) is 0 Å². The van der Waals surface area contributed by atoms with Gasteiger partial charge in [-0.1, -0.05) is 121 Å². The van der Waals surface area contributed by atoms with Gasteiger partial charge in [0.15, 0.2) is 24.0 Å². The average Bonchev–Trinajstić information content (AvgIpc) is 3.60. The molecule has 5 nitrogen and oxygen atoms in total. The summed E-state index contributed by atoms with van der Waals surface area (Å²) < 4.78 is 12.7. The predicted molar refractivity (Wildman–Crippen MR) is 147 cm³/mol. The van der Waals surface area contributed by atoms with Crippen LogP contribution < -0.4 is 5.32 Å². The van der Waals surface area contributed by atoms with E-state index in [0.29, 0.717) is 24.9 Å². The number of hydrogen-bond acceptors (Lipinski definition) is 5. The average molecular weight is 488 g/mol. The molecule has 184 valence electrons. The maximum Gasteiger partial charge on any atom is 0.199 e. The number of hydrogen-bond donors (Lipinski definition) is 1. The number of rotatable bonds is 8. The third kappa shape index (κ3) is 5.18. The number of ether oxygens (including phenoxy) is 2. The van der Waals surface area contributed by atoms with Crippen LogP contribution >= 0.6 is 0 Å². The lowest BCUT2D eigenvalue weighted by Crippen LogP contribution is -2.29. The molecule has 4 atom stereocenters. The summed E-state index contributed by atoms with van der Waals surface area (Å²) in [5, 5.41) is 3.45. The first-order chi connectivity index (χ1) is 18.3. The molecule has 0 aliphatic carbocycles. The van der Waals surface area contributed by atoms with Crippen LogP contribution in [-0.4, -0.2) is 24.9 Å². The predicted octanol–water partition coefficient (Wildman–Crippen LogP) is 6.40. The van der Waals surface area contributed by atoms with Gasteiger partial charge in [-0.25, -0.2) is 9.98 Å². The van der Waals surface area contributed by atoms with Gasteiger partial charge < -0.3 is 14.8 Å². The molecule has 0 amide bonds.